The van der Waals surface area contributed by atoms with Crippen LogP contribution < -0.4 is 9.46 Å². The number of benzene rings is 3. The lowest BCUT2D eigenvalue weighted by Crippen LogP contribution is -2.30. The molecule has 0 unspecified atom stereocenters. The van der Waals surface area contributed by atoms with E-state index in [1.807, 2.05) is 4.72 Å². The van der Waals surface area contributed by atoms with Gasteiger partial charge in [-0.05, 0) is 60.2 Å². The number of rotatable bonds is 6. The molecule has 0 spiro atoms. The molecule has 0 aliphatic rings. The van der Waals surface area contributed by atoms with Crippen molar-refractivity contribution in [3.05, 3.63) is 94.2 Å². The molecule has 0 bridgehead atoms. The molecule has 1 amide bonds. The minimum absolute atomic E-state index is 0.0190. The molecule has 5 nitrogen and oxygen atoms in total. The molecular formula is C20H15BrFNO4S. The van der Waals surface area contributed by atoms with Crippen LogP contribution in [-0.2, 0) is 16.6 Å². The van der Waals surface area contributed by atoms with Crippen LogP contribution in [-0.4, -0.2) is 14.3 Å². The lowest BCUT2D eigenvalue weighted by Gasteiger charge is -2.09. The lowest BCUT2D eigenvalue weighted by molar-refractivity contribution is 0.0981. The van der Waals surface area contributed by atoms with Crippen molar-refractivity contribution in [1.29, 1.82) is 0 Å². The van der Waals surface area contributed by atoms with Gasteiger partial charge in [0.1, 0.15) is 18.2 Å². The van der Waals surface area contributed by atoms with E-state index in [0.29, 0.717) is 10.2 Å². The van der Waals surface area contributed by atoms with E-state index in [0.717, 1.165) is 5.56 Å². The zero-order valence-corrected chi connectivity index (χ0v) is 16.8. The summed E-state index contributed by atoms with van der Waals surface area (Å²) in [5, 5.41) is 0. The Morgan fingerprint density at radius 1 is 1.00 bits per heavy atom. The van der Waals surface area contributed by atoms with Gasteiger partial charge >= 0.3 is 0 Å². The molecule has 28 heavy (non-hydrogen) atoms. The first-order valence-corrected chi connectivity index (χ1v) is 10.4. The zero-order valence-electron chi connectivity index (χ0n) is 14.4. The van der Waals surface area contributed by atoms with E-state index >= 15 is 0 Å². The normalized spacial score (nSPS) is 11.1. The average Bonchev–Trinajstić information content (AvgIpc) is 2.67. The van der Waals surface area contributed by atoms with Crippen molar-refractivity contribution in [2.75, 3.05) is 0 Å². The van der Waals surface area contributed by atoms with E-state index in [9.17, 15) is 17.6 Å². The summed E-state index contributed by atoms with van der Waals surface area (Å²) in [6, 6.07) is 18.0. The Labute approximate surface area is 170 Å². The number of carbonyl (C=O) groups is 1. The largest absolute Gasteiger partial charge is 0.489 e. The van der Waals surface area contributed by atoms with Gasteiger partial charge in [-0.25, -0.2) is 17.5 Å². The monoisotopic (exact) mass is 463 g/mol. The summed E-state index contributed by atoms with van der Waals surface area (Å²) < 4.78 is 45.7. The van der Waals surface area contributed by atoms with Gasteiger partial charge in [0.2, 0.25) is 0 Å². The molecule has 0 saturated carbocycles. The second-order valence-corrected chi connectivity index (χ2v) is 8.43. The number of hydrogen-bond donors (Lipinski definition) is 1. The molecule has 0 aliphatic heterocycles. The van der Waals surface area contributed by atoms with Crippen LogP contribution >= 0.6 is 15.9 Å². The SMILES string of the molecule is O=C(NS(=O)(=O)c1cccc(Br)c1)c1ccc(OCc2ccc(F)cc2)cc1. The Kier molecular flexibility index (Phi) is 6.11. The van der Waals surface area contributed by atoms with Crippen molar-refractivity contribution in [3.63, 3.8) is 0 Å². The molecular weight excluding hydrogens is 449 g/mol. The molecule has 0 aromatic heterocycles. The first-order chi connectivity index (χ1) is 13.3. The Morgan fingerprint density at radius 3 is 2.32 bits per heavy atom. The first kappa shape index (κ1) is 20.0. The summed E-state index contributed by atoms with van der Waals surface area (Å²) in [5.74, 6) is -0.572. The van der Waals surface area contributed by atoms with E-state index in [2.05, 4.69) is 15.9 Å². The number of ether oxygens (including phenoxy) is 1. The van der Waals surface area contributed by atoms with Crippen LogP contribution in [0.3, 0.4) is 0 Å². The molecule has 0 radical (unpaired) electrons. The number of hydrogen-bond acceptors (Lipinski definition) is 4. The van der Waals surface area contributed by atoms with Crippen LogP contribution in [0.2, 0.25) is 0 Å². The first-order valence-electron chi connectivity index (χ1n) is 8.13. The van der Waals surface area contributed by atoms with E-state index in [-0.39, 0.29) is 22.9 Å². The Morgan fingerprint density at radius 2 is 1.68 bits per heavy atom. The number of sulfonamides is 1. The average molecular weight is 464 g/mol. The van der Waals surface area contributed by atoms with Crippen LogP contribution in [0, 0.1) is 5.82 Å². The van der Waals surface area contributed by atoms with Gasteiger partial charge in [0, 0.05) is 10.0 Å². The molecule has 0 saturated heterocycles. The molecule has 144 valence electrons. The summed E-state index contributed by atoms with van der Waals surface area (Å²) in [5.41, 5.74) is 0.969. The second-order valence-electron chi connectivity index (χ2n) is 5.83. The summed E-state index contributed by atoms with van der Waals surface area (Å²) in [6.45, 7) is 0.239. The van der Waals surface area contributed by atoms with Crippen LogP contribution in [0.5, 0.6) is 5.75 Å². The van der Waals surface area contributed by atoms with Crippen molar-refractivity contribution in [1.82, 2.24) is 4.72 Å². The summed E-state index contributed by atoms with van der Waals surface area (Å²) in [6.07, 6.45) is 0. The predicted octanol–water partition coefficient (Wildman–Crippen LogP) is 4.29. The third kappa shape index (κ3) is 5.17. The quantitative estimate of drug-likeness (QED) is 0.591. The highest BCUT2D eigenvalue weighted by Gasteiger charge is 2.19. The van der Waals surface area contributed by atoms with Gasteiger partial charge in [-0.15, -0.1) is 0 Å². The molecule has 3 aromatic carbocycles. The Bertz CT molecular complexity index is 1080. The maximum absolute atomic E-state index is 12.9. The van der Waals surface area contributed by atoms with Crippen LogP contribution in [0.15, 0.2) is 82.2 Å². The standard InChI is InChI=1S/C20H15BrFNO4S/c21-16-2-1-3-19(12-16)28(25,26)23-20(24)15-6-10-18(11-7-15)27-13-14-4-8-17(22)9-5-14/h1-12H,13H2,(H,23,24). The smallest absolute Gasteiger partial charge is 0.265 e. The van der Waals surface area contributed by atoms with E-state index in [4.69, 9.17) is 4.74 Å². The summed E-state index contributed by atoms with van der Waals surface area (Å²) >= 11 is 3.20. The van der Waals surface area contributed by atoms with Gasteiger partial charge in [-0.1, -0.05) is 34.1 Å². The number of carbonyl (C=O) groups excluding carboxylic acids is 1. The van der Waals surface area contributed by atoms with Crippen molar-refractivity contribution in [3.8, 4) is 5.75 Å². The highest BCUT2D eigenvalue weighted by Crippen LogP contribution is 2.18. The topological polar surface area (TPSA) is 72.5 Å². The molecule has 8 heteroatoms. The minimum Gasteiger partial charge on any atom is -0.489 e. The third-order valence-electron chi connectivity index (χ3n) is 3.77. The van der Waals surface area contributed by atoms with Crippen molar-refractivity contribution < 1.29 is 22.3 Å². The Balaban J connectivity index is 1.64. The Hall–Kier alpha value is -2.71. The minimum atomic E-state index is -3.98. The fourth-order valence-corrected chi connectivity index (χ4v) is 3.89. The molecule has 0 fully saturated rings. The molecule has 3 aromatic rings. The number of nitrogens with one attached hydrogen (secondary N) is 1. The summed E-state index contributed by atoms with van der Waals surface area (Å²) in [4.78, 5) is 12.2. The highest BCUT2D eigenvalue weighted by molar-refractivity contribution is 9.10. The predicted molar refractivity (Wildman–Crippen MR) is 106 cm³/mol. The van der Waals surface area contributed by atoms with Crippen LogP contribution in [0.1, 0.15) is 15.9 Å². The molecule has 0 atom stereocenters. The van der Waals surface area contributed by atoms with E-state index < -0.39 is 15.9 Å². The number of halogens is 2. The van der Waals surface area contributed by atoms with E-state index in [1.165, 1.54) is 36.4 Å². The van der Waals surface area contributed by atoms with E-state index in [1.54, 1.807) is 36.4 Å². The lowest BCUT2D eigenvalue weighted by atomic mass is 10.2. The zero-order chi connectivity index (χ0) is 20.1. The fourth-order valence-electron chi connectivity index (χ4n) is 2.32. The highest BCUT2D eigenvalue weighted by atomic mass is 79.9. The summed E-state index contributed by atoms with van der Waals surface area (Å²) in [7, 11) is -3.98. The molecule has 1 N–H and O–H groups in total. The van der Waals surface area contributed by atoms with Gasteiger partial charge in [-0.3, -0.25) is 4.79 Å². The van der Waals surface area contributed by atoms with Gasteiger partial charge in [0.05, 0.1) is 4.90 Å². The van der Waals surface area contributed by atoms with Gasteiger partial charge in [0.25, 0.3) is 15.9 Å². The molecule has 3 rings (SSSR count). The molecule has 0 aliphatic carbocycles. The van der Waals surface area contributed by atoms with Crippen LogP contribution in [0.25, 0.3) is 0 Å². The van der Waals surface area contributed by atoms with Gasteiger partial charge in [0.15, 0.2) is 0 Å². The number of amides is 1. The fraction of sp³-hybridized carbons (Fsp3) is 0.0500. The van der Waals surface area contributed by atoms with Gasteiger partial charge in [-0.2, -0.15) is 0 Å². The van der Waals surface area contributed by atoms with Crippen molar-refractivity contribution in [2.24, 2.45) is 0 Å². The van der Waals surface area contributed by atoms with Crippen molar-refractivity contribution in [2.45, 2.75) is 11.5 Å². The second kappa shape index (κ2) is 8.53. The maximum Gasteiger partial charge on any atom is 0.265 e. The van der Waals surface area contributed by atoms with Crippen LogP contribution in [0.4, 0.5) is 4.39 Å². The maximum atomic E-state index is 12.9. The van der Waals surface area contributed by atoms with Crippen molar-refractivity contribution >= 4 is 31.9 Å². The third-order valence-corrected chi connectivity index (χ3v) is 5.59. The molecule has 0 heterocycles. The van der Waals surface area contributed by atoms with Gasteiger partial charge < -0.3 is 4.74 Å².